The third-order valence-corrected chi connectivity index (χ3v) is 7.09. The van der Waals surface area contributed by atoms with Gasteiger partial charge in [-0.15, -0.1) is 11.3 Å². The molecule has 0 radical (unpaired) electrons. The summed E-state index contributed by atoms with van der Waals surface area (Å²) in [6, 6.07) is 13.0. The molecule has 1 aliphatic carbocycles. The first kappa shape index (κ1) is 22.1. The minimum atomic E-state index is -0.608. The predicted molar refractivity (Wildman–Crippen MR) is 128 cm³/mol. The highest BCUT2D eigenvalue weighted by Crippen LogP contribution is 2.39. The van der Waals surface area contributed by atoms with Crippen LogP contribution in [0.4, 0.5) is 5.00 Å². The van der Waals surface area contributed by atoms with E-state index in [0.717, 1.165) is 39.7 Å². The SMILES string of the molecule is C[C@H]1CCc2c(sc(NC(=O)/C(C#N)=C/c3ccc(-c4ccc(Br)cc4)o3)c2C(N)=O)C1. The number of benzene rings is 1. The fraction of sp³-hybridized carbons (Fsp3) is 0.208. The molecule has 6 nitrogen and oxygen atoms in total. The van der Waals surface area contributed by atoms with Crippen molar-refractivity contribution < 1.29 is 14.0 Å². The zero-order chi connectivity index (χ0) is 22.8. The van der Waals surface area contributed by atoms with E-state index in [9.17, 15) is 14.9 Å². The van der Waals surface area contributed by atoms with E-state index >= 15 is 0 Å². The minimum absolute atomic E-state index is 0.128. The maximum atomic E-state index is 12.8. The second-order valence-electron chi connectivity index (χ2n) is 7.75. The number of furan rings is 1. The molecular formula is C24H20BrN3O3S. The Labute approximate surface area is 197 Å². The highest BCUT2D eigenvalue weighted by Gasteiger charge is 2.27. The minimum Gasteiger partial charge on any atom is -0.457 e. The molecule has 2 heterocycles. The summed E-state index contributed by atoms with van der Waals surface area (Å²) >= 11 is 4.76. The van der Waals surface area contributed by atoms with E-state index in [1.54, 1.807) is 12.1 Å². The molecule has 0 aliphatic heterocycles. The number of rotatable bonds is 5. The van der Waals surface area contributed by atoms with Crippen LogP contribution < -0.4 is 11.1 Å². The van der Waals surface area contributed by atoms with Gasteiger partial charge in [0.05, 0.1) is 5.56 Å². The van der Waals surface area contributed by atoms with Crippen molar-refractivity contribution in [3.63, 3.8) is 0 Å². The van der Waals surface area contributed by atoms with Gasteiger partial charge in [-0.25, -0.2) is 0 Å². The highest BCUT2D eigenvalue weighted by atomic mass is 79.9. The second-order valence-corrected chi connectivity index (χ2v) is 9.77. The average molecular weight is 510 g/mol. The summed E-state index contributed by atoms with van der Waals surface area (Å²) in [6.07, 6.45) is 3.97. The normalized spacial score (nSPS) is 15.7. The van der Waals surface area contributed by atoms with E-state index in [0.29, 0.717) is 28.0 Å². The monoisotopic (exact) mass is 509 g/mol. The molecule has 2 aromatic heterocycles. The van der Waals surface area contributed by atoms with E-state index in [-0.39, 0.29) is 5.57 Å². The summed E-state index contributed by atoms with van der Waals surface area (Å²) in [6.45, 7) is 2.16. The Morgan fingerprint density at radius 2 is 2.03 bits per heavy atom. The number of nitrogens with two attached hydrogens (primary N) is 1. The van der Waals surface area contributed by atoms with Gasteiger partial charge >= 0.3 is 0 Å². The Hall–Kier alpha value is -3.15. The fourth-order valence-electron chi connectivity index (χ4n) is 3.76. The molecule has 0 unspecified atom stereocenters. The van der Waals surface area contributed by atoms with E-state index in [1.165, 1.54) is 17.4 Å². The number of carbonyl (C=O) groups excluding carboxylic acids is 2. The standard InChI is InChI=1S/C24H20BrN3O3S/c1-13-2-8-18-20(10-13)32-24(21(18)22(27)29)28-23(30)15(12-26)11-17-7-9-19(31-17)14-3-5-16(25)6-4-14/h3-7,9,11,13H,2,8,10H2,1H3,(H2,27,29)(H,28,30)/b15-11+/t13-/m0/s1. The molecule has 3 N–H and O–H groups in total. The molecule has 0 bridgehead atoms. The zero-order valence-electron chi connectivity index (χ0n) is 17.3. The van der Waals surface area contributed by atoms with Gasteiger partial charge < -0.3 is 15.5 Å². The van der Waals surface area contributed by atoms with Crippen molar-refractivity contribution in [2.45, 2.75) is 26.2 Å². The molecule has 4 rings (SSSR count). The number of fused-ring (bicyclic) bond motifs is 1. The van der Waals surface area contributed by atoms with Gasteiger partial charge in [-0.3, -0.25) is 9.59 Å². The summed E-state index contributed by atoms with van der Waals surface area (Å²) in [5.41, 5.74) is 7.64. The van der Waals surface area contributed by atoms with Gasteiger partial charge in [-0.1, -0.05) is 35.0 Å². The van der Waals surface area contributed by atoms with Gasteiger partial charge in [-0.2, -0.15) is 5.26 Å². The number of carbonyl (C=O) groups is 2. The van der Waals surface area contributed by atoms with Gasteiger partial charge in [0, 0.05) is 21.0 Å². The van der Waals surface area contributed by atoms with Gasteiger partial charge in [0.25, 0.3) is 11.8 Å². The number of nitrogens with one attached hydrogen (secondary N) is 1. The zero-order valence-corrected chi connectivity index (χ0v) is 19.7. The Bertz CT molecular complexity index is 1260. The smallest absolute Gasteiger partial charge is 0.267 e. The Kier molecular flexibility index (Phi) is 6.31. The van der Waals surface area contributed by atoms with Gasteiger partial charge in [0.2, 0.25) is 0 Å². The molecule has 2 amide bonds. The van der Waals surface area contributed by atoms with E-state index in [4.69, 9.17) is 10.2 Å². The molecule has 1 aliphatic rings. The van der Waals surface area contributed by atoms with Crippen LogP contribution in [0.3, 0.4) is 0 Å². The lowest BCUT2D eigenvalue weighted by Crippen LogP contribution is -2.19. The van der Waals surface area contributed by atoms with Crippen molar-refractivity contribution in [2.24, 2.45) is 11.7 Å². The van der Waals surface area contributed by atoms with Crippen LogP contribution in [0.1, 0.15) is 39.9 Å². The van der Waals surface area contributed by atoms with Gasteiger partial charge in [-0.05, 0) is 55.0 Å². The van der Waals surface area contributed by atoms with Crippen LogP contribution >= 0.6 is 27.3 Å². The van der Waals surface area contributed by atoms with Crippen LogP contribution in [0.25, 0.3) is 17.4 Å². The fourth-order valence-corrected chi connectivity index (χ4v) is 5.44. The molecule has 8 heteroatoms. The van der Waals surface area contributed by atoms with Crippen molar-refractivity contribution in [2.75, 3.05) is 5.32 Å². The quantitative estimate of drug-likeness (QED) is 0.347. The first-order valence-electron chi connectivity index (χ1n) is 10.1. The molecule has 3 aromatic rings. The average Bonchev–Trinajstić information content (AvgIpc) is 3.36. The number of hydrogen-bond acceptors (Lipinski definition) is 5. The number of anilines is 1. The summed E-state index contributed by atoms with van der Waals surface area (Å²) < 4.78 is 6.74. The van der Waals surface area contributed by atoms with E-state index < -0.39 is 11.8 Å². The maximum absolute atomic E-state index is 12.8. The number of nitriles is 1. The molecule has 162 valence electrons. The van der Waals surface area contributed by atoms with E-state index in [2.05, 4.69) is 28.2 Å². The molecular weight excluding hydrogens is 490 g/mol. The molecule has 0 saturated heterocycles. The largest absolute Gasteiger partial charge is 0.457 e. The maximum Gasteiger partial charge on any atom is 0.267 e. The second kappa shape index (κ2) is 9.15. The Balaban J connectivity index is 1.58. The lowest BCUT2D eigenvalue weighted by molar-refractivity contribution is -0.112. The molecule has 32 heavy (non-hydrogen) atoms. The summed E-state index contributed by atoms with van der Waals surface area (Å²) in [5.74, 6) is 0.337. The molecule has 0 spiro atoms. The highest BCUT2D eigenvalue weighted by molar-refractivity contribution is 9.10. The van der Waals surface area contributed by atoms with Crippen LogP contribution in [0.5, 0.6) is 0 Å². The molecule has 0 fully saturated rings. The van der Waals surface area contributed by atoms with Crippen molar-refractivity contribution in [3.8, 4) is 17.4 Å². The summed E-state index contributed by atoms with van der Waals surface area (Å²) in [7, 11) is 0. The molecule has 0 saturated carbocycles. The first-order chi connectivity index (χ1) is 15.4. The Morgan fingerprint density at radius 3 is 2.72 bits per heavy atom. The van der Waals surface area contributed by atoms with Crippen LogP contribution in [0.2, 0.25) is 0 Å². The van der Waals surface area contributed by atoms with Crippen LogP contribution in [-0.4, -0.2) is 11.8 Å². The lowest BCUT2D eigenvalue weighted by atomic mass is 9.88. The Morgan fingerprint density at radius 1 is 1.28 bits per heavy atom. The van der Waals surface area contributed by atoms with Gasteiger partial charge in [0.1, 0.15) is 28.2 Å². The van der Waals surface area contributed by atoms with Crippen molar-refractivity contribution in [1.29, 1.82) is 5.26 Å². The van der Waals surface area contributed by atoms with Crippen molar-refractivity contribution in [3.05, 3.63) is 68.2 Å². The number of nitrogens with zero attached hydrogens (tertiary/aromatic N) is 1. The molecule has 1 aromatic carbocycles. The first-order valence-corrected chi connectivity index (χ1v) is 11.7. The summed E-state index contributed by atoms with van der Waals surface area (Å²) in [5, 5.41) is 12.7. The third-order valence-electron chi connectivity index (χ3n) is 5.39. The van der Waals surface area contributed by atoms with Gasteiger partial charge in [0.15, 0.2) is 0 Å². The summed E-state index contributed by atoms with van der Waals surface area (Å²) in [4.78, 5) is 26.0. The van der Waals surface area contributed by atoms with Crippen LogP contribution in [0.15, 0.2) is 50.9 Å². The van der Waals surface area contributed by atoms with Crippen molar-refractivity contribution in [1.82, 2.24) is 0 Å². The molecule has 1 atom stereocenters. The number of amides is 2. The topological polar surface area (TPSA) is 109 Å². The predicted octanol–water partition coefficient (Wildman–Crippen LogP) is 5.54. The third kappa shape index (κ3) is 4.54. The lowest BCUT2D eigenvalue weighted by Gasteiger charge is -2.18. The number of thiophene rings is 1. The number of primary amides is 1. The van der Waals surface area contributed by atoms with E-state index in [1.807, 2.05) is 30.3 Å². The van der Waals surface area contributed by atoms with Crippen LogP contribution in [-0.2, 0) is 17.6 Å². The number of hydrogen-bond donors (Lipinski definition) is 2. The number of halogens is 1. The van der Waals surface area contributed by atoms with Crippen molar-refractivity contribution >= 4 is 50.2 Å². The van der Waals surface area contributed by atoms with Crippen LogP contribution in [0, 0.1) is 17.2 Å².